The van der Waals surface area contributed by atoms with Crippen molar-refractivity contribution in [2.75, 3.05) is 33.4 Å². The van der Waals surface area contributed by atoms with Crippen LogP contribution < -0.4 is 4.74 Å². The molecule has 0 saturated carbocycles. The van der Waals surface area contributed by atoms with Gasteiger partial charge in [0.25, 0.3) is 0 Å². The van der Waals surface area contributed by atoms with Gasteiger partial charge in [0.15, 0.2) is 0 Å². The Morgan fingerprint density at radius 3 is 2.17 bits per heavy atom. The average molecular weight is 350 g/mol. The smallest absolute Gasteiger partial charge is 0.118 e. The molecule has 0 saturated heterocycles. The van der Waals surface area contributed by atoms with Crippen LogP contribution in [-0.2, 0) is 6.42 Å². The lowest BCUT2D eigenvalue weighted by molar-refractivity contribution is 0.121. The zero-order valence-corrected chi connectivity index (χ0v) is 14.6. The molecule has 0 radical (unpaired) electrons. The molecule has 0 amide bonds. The Morgan fingerprint density at radius 1 is 1.00 bits per heavy atom. The van der Waals surface area contributed by atoms with Crippen LogP contribution in [0.15, 0.2) is 48.5 Å². The molecule has 0 bridgehead atoms. The molecule has 5 heteroatoms. The number of aliphatic hydroxyl groups excluding tert-OH is 2. The van der Waals surface area contributed by atoms with E-state index in [1.807, 2.05) is 48.5 Å². The van der Waals surface area contributed by atoms with E-state index in [0.29, 0.717) is 19.5 Å². The van der Waals surface area contributed by atoms with Gasteiger partial charge in [-0.3, -0.25) is 4.90 Å². The number of benzene rings is 2. The lowest BCUT2D eigenvalue weighted by atomic mass is 9.97. The van der Waals surface area contributed by atoms with Crippen molar-refractivity contribution in [2.45, 2.75) is 12.5 Å². The molecule has 2 N–H and O–H groups in total. The number of ether oxygens (including phenoxy) is 1. The molecule has 0 heterocycles. The molecular formula is C19H24ClNO3. The Kier molecular flexibility index (Phi) is 7.53. The van der Waals surface area contributed by atoms with Crippen molar-refractivity contribution in [3.8, 4) is 5.75 Å². The Balaban J connectivity index is 2.33. The second-order valence-corrected chi connectivity index (χ2v) is 5.97. The fourth-order valence-corrected chi connectivity index (χ4v) is 3.05. The first kappa shape index (κ1) is 18.7. The quantitative estimate of drug-likeness (QED) is 0.731. The largest absolute Gasteiger partial charge is 0.497 e. The molecule has 2 aromatic rings. The first-order chi connectivity index (χ1) is 11.7. The van der Waals surface area contributed by atoms with Crippen LogP contribution in [0.5, 0.6) is 5.75 Å². The number of nitrogens with zero attached hydrogens (tertiary/aromatic N) is 1. The van der Waals surface area contributed by atoms with Gasteiger partial charge in [0.05, 0.1) is 20.3 Å². The van der Waals surface area contributed by atoms with E-state index in [0.717, 1.165) is 21.9 Å². The first-order valence-electron chi connectivity index (χ1n) is 8.02. The van der Waals surface area contributed by atoms with Crippen molar-refractivity contribution in [3.05, 3.63) is 64.7 Å². The Labute approximate surface area is 148 Å². The summed E-state index contributed by atoms with van der Waals surface area (Å²) in [5.74, 6) is 0.797. The monoisotopic (exact) mass is 349 g/mol. The van der Waals surface area contributed by atoms with Crippen LogP contribution >= 0.6 is 11.6 Å². The fourth-order valence-electron chi connectivity index (χ4n) is 2.84. The Hall–Kier alpha value is -1.59. The minimum atomic E-state index is 0.00936. The number of hydrogen-bond acceptors (Lipinski definition) is 4. The summed E-state index contributed by atoms with van der Waals surface area (Å²) < 4.78 is 5.23. The zero-order valence-electron chi connectivity index (χ0n) is 13.9. The van der Waals surface area contributed by atoms with Crippen LogP contribution in [0.1, 0.15) is 17.2 Å². The highest BCUT2D eigenvalue weighted by Gasteiger charge is 2.21. The van der Waals surface area contributed by atoms with Crippen molar-refractivity contribution in [1.82, 2.24) is 4.90 Å². The molecule has 0 aliphatic rings. The second kappa shape index (κ2) is 9.64. The second-order valence-electron chi connectivity index (χ2n) is 5.57. The number of rotatable bonds is 9. The van der Waals surface area contributed by atoms with Crippen molar-refractivity contribution < 1.29 is 14.9 Å². The lowest BCUT2D eigenvalue weighted by Gasteiger charge is -2.31. The first-order valence-corrected chi connectivity index (χ1v) is 8.40. The fraction of sp³-hybridized carbons (Fsp3) is 0.368. The van der Waals surface area contributed by atoms with Gasteiger partial charge >= 0.3 is 0 Å². The zero-order chi connectivity index (χ0) is 17.4. The van der Waals surface area contributed by atoms with Gasteiger partial charge in [-0.2, -0.15) is 0 Å². The molecule has 2 aromatic carbocycles. The third-order valence-corrected chi connectivity index (χ3v) is 4.46. The van der Waals surface area contributed by atoms with Crippen LogP contribution in [0.3, 0.4) is 0 Å². The third kappa shape index (κ3) is 4.95. The molecule has 2 rings (SSSR count). The average Bonchev–Trinajstić information content (AvgIpc) is 2.61. The number of hydrogen-bond donors (Lipinski definition) is 2. The van der Waals surface area contributed by atoms with Gasteiger partial charge in [-0.1, -0.05) is 41.9 Å². The van der Waals surface area contributed by atoms with Crippen molar-refractivity contribution in [2.24, 2.45) is 0 Å². The number of halogens is 1. The maximum atomic E-state index is 9.39. The summed E-state index contributed by atoms with van der Waals surface area (Å²) in [7, 11) is 1.64. The molecule has 130 valence electrons. The van der Waals surface area contributed by atoms with Crippen LogP contribution in [0.2, 0.25) is 5.02 Å². The Bertz CT molecular complexity index is 612. The summed E-state index contributed by atoms with van der Waals surface area (Å²) in [5.41, 5.74) is 2.14. The van der Waals surface area contributed by atoms with Crippen LogP contribution in [0.25, 0.3) is 0 Å². The van der Waals surface area contributed by atoms with Crippen molar-refractivity contribution >= 4 is 11.6 Å². The molecule has 0 spiro atoms. The van der Waals surface area contributed by atoms with E-state index in [1.165, 1.54) is 0 Å². The van der Waals surface area contributed by atoms with E-state index < -0.39 is 0 Å². The highest BCUT2D eigenvalue weighted by atomic mass is 35.5. The van der Waals surface area contributed by atoms with E-state index in [9.17, 15) is 10.2 Å². The summed E-state index contributed by atoms with van der Waals surface area (Å²) in [6.45, 7) is 1.05. The molecule has 0 aromatic heterocycles. The minimum Gasteiger partial charge on any atom is -0.497 e. The van der Waals surface area contributed by atoms with E-state index in [2.05, 4.69) is 4.90 Å². The normalized spacial score (nSPS) is 12.4. The predicted molar refractivity (Wildman–Crippen MR) is 96.6 cm³/mol. The minimum absolute atomic E-state index is 0.00936. The summed E-state index contributed by atoms with van der Waals surface area (Å²) in [6.07, 6.45) is 0.700. The van der Waals surface area contributed by atoms with E-state index in [1.54, 1.807) is 7.11 Å². The van der Waals surface area contributed by atoms with E-state index >= 15 is 0 Å². The van der Waals surface area contributed by atoms with Gasteiger partial charge in [0.2, 0.25) is 0 Å². The number of aliphatic hydroxyl groups is 2. The highest BCUT2D eigenvalue weighted by Crippen LogP contribution is 2.29. The molecule has 1 atom stereocenters. The third-order valence-electron chi connectivity index (χ3n) is 4.09. The van der Waals surface area contributed by atoms with Gasteiger partial charge in [0, 0.05) is 24.2 Å². The van der Waals surface area contributed by atoms with Crippen LogP contribution in [0.4, 0.5) is 0 Å². The molecular weight excluding hydrogens is 326 g/mol. The summed E-state index contributed by atoms with van der Waals surface area (Å²) in [6, 6.07) is 15.6. The summed E-state index contributed by atoms with van der Waals surface area (Å²) in [4.78, 5) is 2.07. The van der Waals surface area contributed by atoms with Crippen LogP contribution in [0, 0.1) is 0 Å². The van der Waals surface area contributed by atoms with Gasteiger partial charge in [-0.15, -0.1) is 0 Å². The molecule has 4 nitrogen and oxygen atoms in total. The predicted octanol–water partition coefficient (Wildman–Crippen LogP) is 2.92. The number of methoxy groups -OCH3 is 1. The van der Waals surface area contributed by atoms with E-state index in [-0.39, 0.29) is 19.3 Å². The maximum Gasteiger partial charge on any atom is 0.118 e. The van der Waals surface area contributed by atoms with Crippen molar-refractivity contribution in [1.29, 1.82) is 0 Å². The van der Waals surface area contributed by atoms with Gasteiger partial charge in [-0.25, -0.2) is 0 Å². The molecule has 0 aliphatic heterocycles. The Morgan fingerprint density at radius 2 is 1.62 bits per heavy atom. The van der Waals surface area contributed by atoms with Gasteiger partial charge < -0.3 is 14.9 Å². The molecule has 0 aliphatic carbocycles. The summed E-state index contributed by atoms with van der Waals surface area (Å²) >= 11 is 6.32. The lowest BCUT2D eigenvalue weighted by Crippen LogP contribution is -2.35. The van der Waals surface area contributed by atoms with Crippen molar-refractivity contribution in [3.63, 3.8) is 0 Å². The van der Waals surface area contributed by atoms with Gasteiger partial charge in [-0.05, 0) is 35.7 Å². The standard InChI is InChI=1S/C19H24ClNO3/c1-24-17-8-6-15(7-9-17)19(21(10-12-22)11-13-23)14-16-4-2-3-5-18(16)20/h2-9,19,22-23H,10-14H2,1H3. The SMILES string of the molecule is COc1ccc(C(Cc2ccccc2Cl)N(CCO)CCO)cc1. The molecule has 0 fully saturated rings. The maximum absolute atomic E-state index is 9.39. The van der Waals surface area contributed by atoms with Gasteiger partial charge in [0.1, 0.15) is 5.75 Å². The highest BCUT2D eigenvalue weighted by molar-refractivity contribution is 6.31. The molecule has 24 heavy (non-hydrogen) atoms. The molecule has 1 unspecified atom stereocenters. The topological polar surface area (TPSA) is 52.9 Å². The summed E-state index contributed by atoms with van der Waals surface area (Å²) in [5, 5.41) is 19.5. The van der Waals surface area contributed by atoms with Crippen LogP contribution in [-0.4, -0.2) is 48.5 Å². The van der Waals surface area contributed by atoms with E-state index in [4.69, 9.17) is 16.3 Å².